The van der Waals surface area contributed by atoms with E-state index in [1.807, 2.05) is 0 Å². The van der Waals surface area contributed by atoms with E-state index >= 15 is 0 Å². The maximum absolute atomic E-state index is 2.56. The quantitative estimate of drug-likeness (QED) is 0.330. The molecule has 0 amide bonds. The van der Waals surface area contributed by atoms with Crippen molar-refractivity contribution in [2.45, 2.75) is 19.3 Å². The number of fused-ring (bicyclic) bond motifs is 1. The van der Waals surface area contributed by atoms with Gasteiger partial charge in [-0.05, 0) is 23.0 Å². The van der Waals surface area contributed by atoms with Gasteiger partial charge in [-0.3, -0.25) is 0 Å². The summed E-state index contributed by atoms with van der Waals surface area (Å²) >= 11 is 0. The summed E-state index contributed by atoms with van der Waals surface area (Å²) in [6.45, 7) is 4.84. The SMILES string of the molecule is CC1[CH-]C2C=CC=CC2C1C(C)(c1ccccc1)c1ccccc1.[Cl-].[Cl-].[Cl-].[Ti+4]. The van der Waals surface area contributed by atoms with Gasteiger partial charge in [-0.15, -0.1) is 12.0 Å². The molecule has 4 atom stereocenters. The van der Waals surface area contributed by atoms with E-state index in [0.717, 1.165) is 0 Å². The molecular formula is C24H25Cl3Ti. The van der Waals surface area contributed by atoms with Crippen LogP contribution in [0.25, 0.3) is 0 Å². The largest absolute Gasteiger partial charge is 4.00 e. The summed E-state index contributed by atoms with van der Waals surface area (Å²) in [5.41, 5.74) is 2.85. The molecule has 0 radical (unpaired) electrons. The van der Waals surface area contributed by atoms with Crippen molar-refractivity contribution in [1.29, 1.82) is 0 Å². The topological polar surface area (TPSA) is 0 Å². The van der Waals surface area contributed by atoms with Crippen LogP contribution in [0.1, 0.15) is 25.0 Å². The van der Waals surface area contributed by atoms with Gasteiger partial charge < -0.3 is 43.6 Å². The summed E-state index contributed by atoms with van der Waals surface area (Å²) in [5.74, 6) is 2.29. The second-order valence-corrected chi connectivity index (χ2v) is 7.44. The Balaban J connectivity index is 0.00000182. The van der Waals surface area contributed by atoms with Crippen LogP contribution in [-0.4, -0.2) is 0 Å². The fraction of sp³-hybridized carbons (Fsp3) is 0.292. The van der Waals surface area contributed by atoms with Gasteiger partial charge in [-0.1, -0.05) is 92.7 Å². The third-order valence-corrected chi connectivity index (χ3v) is 6.14. The zero-order chi connectivity index (χ0) is 16.6. The summed E-state index contributed by atoms with van der Waals surface area (Å²) < 4.78 is 0. The van der Waals surface area contributed by atoms with Gasteiger partial charge in [0.15, 0.2) is 0 Å². The molecule has 0 aliphatic heterocycles. The average Bonchev–Trinajstić information content (AvgIpc) is 2.99. The van der Waals surface area contributed by atoms with Gasteiger partial charge in [0, 0.05) is 5.41 Å². The molecular weight excluding hydrogens is 442 g/mol. The summed E-state index contributed by atoms with van der Waals surface area (Å²) in [4.78, 5) is 0. The molecule has 0 bridgehead atoms. The van der Waals surface area contributed by atoms with Gasteiger partial charge in [-0.25, -0.2) is 0 Å². The second kappa shape index (κ2) is 11.6. The first-order valence-electron chi connectivity index (χ1n) is 9.02. The molecule has 2 aliphatic carbocycles. The van der Waals surface area contributed by atoms with Crippen LogP contribution in [0.4, 0.5) is 0 Å². The summed E-state index contributed by atoms with van der Waals surface area (Å²) in [5, 5.41) is 0. The van der Waals surface area contributed by atoms with Gasteiger partial charge >= 0.3 is 21.7 Å². The summed E-state index contributed by atoms with van der Waals surface area (Å²) in [6, 6.07) is 22.1. The molecule has 0 saturated heterocycles. The van der Waals surface area contributed by atoms with Gasteiger partial charge in [0.1, 0.15) is 0 Å². The minimum absolute atomic E-state index is 0. The molecule has 4 heteroatoms. The predicted molar refractivity (Wildman–Crippen MR) is 102 cm³/mol. The van der Waals surface area contributed by atoms with E-state index in [1.165, 1.54) is 11.1 Å². The molecule has 28 heavy (non-hydrogen) atoms. The molecule has 1 fully saturated rings. The molecule has 0 aromatic heterocycles. The van der Waals surface area contributed by atoms with Crippen molar-refractivity contribution >= 4 is 0 Å². The molecule has 0 nitrogen and oxygen atoms in total. The number of allylic oxidation sites excluding steroid dienone is 4. The van der Waals surface area contributed by atoms with Crippen LogP contribution in [0.2, 0.25) is 0 Å². The number of hydrogen-bond donors (Lipinski definition) is 0. The molecule has 0 heterocycles. The van der Waals surface area contributed by atoms with Crippen LogP contribution >= 0.6 is 0 Å². The van der Waals surface area contributed by atoms with Crippen molar-refractivity contribution in [3.05, 3.63) is 103 Å². The third-order valence-electron chi connectivity index (χ3n) is 6.14. The van der Waals surface area contributed by atoms with Gasteiger partial charge in [-0.2, -0.15) is 5.92 Å². The molecule has 2 aromatic rings. The van der Waals surface area contributed by atoms with Gasteiger partial charge in [0.05, 0.1) is 0 Å². The van der Waals surface area contributed by atoms with E-state index in [0.29, 0.717) is 23.7 Å². The smallest absolute Gasteiger partial charge is 1.00 e. The van der Waals surface area contributed by atoms with Gasteiger partial charge in [0.25, 0.3) is 0 Å². The Hall–Kier alpha value is -0.496. The second-order valence-electron chi connectivity index (χ2n) is 7.44. The Morgan fingerprint density at radius 2 is 1.21 bits per heavy atom. The van der Waals surface area contributed by atoms with Crippen molar-refractivity contribution in [2.24, 2.45) is 23.7 Å². The Morgan fingerprint density at radius 3 is 1.71 bits per heavy atom. The fourth-order valence-electron chi connectivity index (χ4n) is 5.04. The molecule has 1 saturated carbocycles. The zero-order valence-electron chi connectivity index (χ0n) is 16.1. The standard InChI is InChI=1S/C24H25.3ClH.Ti/c1-18-17-19-11-9-10-16-22(19)23(18)24(2,20-12-5-3-6-13-20)21-14-7-4-8-15-21;;;;/h3-19,22-23H,1-2H3;3*1H;/q-1;;;;+4/p-3. The molecule has 0 spiro atoms. The molecule has 146 valence electrons. The van der Waals surface area contributed by atoms with Crippen LogP contribution in [0.5, 0.6) is 0 Å². The number of benzene rings is 2. The van der Waals surface area contributed by atoms with Gasteiger partial charge in [0.2, 0.25) is 0 Å². The van der Waals surface area contributed by atoms with Crippen LogP contribution in [-0.2, 0) is 27.1 Å². The van der Waals surface area contributed by atoms with E-state index in [4.69, 9.17) is 0 Å². The monoisotopic (exact) mass is 466 g/mol. The Kier molecular flexibility index (Phi) is 11.4. The summed E-state index contributed by atoms with van der Waals surface area (Å²) in [6.07, 6.45) is 11.8. The fourth-order valence-corrected chi connectivity index (χ4v) is 5.04. The van der Waals surface area contributed by atoms with Crippen LogP contribution in [0.15, 0.2) is 85.0 Å². The average molecular weight is 468 g/mol. The van der Waals surface area contributed by atoms with Crippen LogP contribution in [0, 0.1) is 30.1 Å². The normalized spacial score (nSPS) is 24.6. The number of hydrogen-bond acceptors (Lipinski definition) is 0. The molecule has 4 rings (SSSR count). The minimum atomic E-state index is 0. The van der Waals surface area contributed by atoms with Crippen molar-refractivity contribution < 1.29 is 58.9 Å². The maximum Gasteiger partial charge on any atom is 4.00 e. The zero-order valence-corrected chi connectivity index (χ0v) is 19.9. The van der Waals surface area contributed by atoms with Crippen molar-refractivity contribution in [1.82, 2.24) is 0 Å². The molecule has 4 unspecified atom stereocenters. The van der Waals surface area contributed by atoms with E-state index in [9.17, 15) is 0 Å². The third kappa shape index (κ3) is 4.80. The van der Waals surface area contributed by atoms with Crippen molar-refractivity contribution in [3.8, 4) is 0 Å². The first-order chi connectivity index (χ1) is 11.7. The minimum Gasteiger partial charge on any atom is -1.00 e. The van der Waals surface area contributed by atoms with E-state index in [2.05, 4.69) is 105 Å². The van der Waals surface area contributed by atoms with Crippen LogP contribution in [0.3, 0.4) is 0 Å². The van der Waals surface area contributed by atoms with E-state index < -0.39 is 0 Å². The van der Waals surface area contributed by atoms with Crippen LogP contribution < -0.4 is 37.2 Å². The van der Waals surface area contributed by atoms with E-state index in [1.54, 1.807) is 0 Å². The van der Waals surface area contributed by atoms with E-state index in [-0.39, 0.29) is 64.4 Å². The molecule has 2 aromatic carbocycles. The number of rotatable bonds is 3. The Morgan fingerprint density at radius 1 is 0.750 bits per heavy atom. The molecule has 0 N–H and O–H groups in total. The maximum atomic E-state index is 2.56. The van der Waals surface area contributed by atoms with Crippen molar-refractivity contribution in [3.63, 3.8) is 0 Å². The van der Waals surface area contributed by atoms with Crippen molar-refractivity contribution in [2.75, 3.05) is 0 Å². The Bertz CT molecular complexity index is 718. The summed E-state index contributed by atoms with van der Waals surface area (Å²) in [7, 11) is 0. The predicted octanol–water partition coefficient (Wildman–Crippen LogP) is -3.17. The first kappa shape index (κ1) is 27.5. The number of halogens is 3. The molecule has 2 aliphatic rings. The first-order valence-corrected chi connectivity index (χ1v) is 9.02. The Labute approximate surface area is 203 Å².